The van der Waals surface area contributed by atoms with E-state index >= 15 is 0 Å². The van der Waals surface area contributed by atoms with Crippen molar-refractivity contribution in [1.29, 1.82) is 0 Å². The summed E-state index contributed by atoms with van der Waals surface area (Å²) in [5, 5.41) is 0.580. The van der Waals surface area contributed by atoms with Gasteiger partial charge < -0.3 is 14.7 Å². The number of nitrogens with zero attached hydrogens (tertiary/aromatic N) is 5. The smallest absolute Gasteiger partial charge is 0.254 e. The van der Waals surface area contributed by atoms with Gasteiger partial charge in [-0.2, -0.15) is 4.98 Å². The number of hydrogen-bond donors (Lipinski definition) is 0. The van der Waals surface area contributed by atoms with Crippen molar-refractivity contribution in [2.75, 3.05) is 50.1 Å². The van der Waals surface area contributed by atoms with Crippen molar-refractivity contribution in [1.82, 2.24) is 14.9 Å². The van der Waals surface area contributed by atoms with E-state index in [1.54, 1.807) is 30.5 Å². The molecule has 1 aliphatic heterocycles. The van der Waals surface area contributed by atoms with Crippen LogP contribution in [0.2, 0.25) is 5.02 Å². The van der Waals surface area contributed by atoms with Crippen LogP contribution in [0.4, 0.5) is 11.8 Å². The van der Waals surface area contributed by atoms with Gasteiger partial charge in [-0.25, -0.2) is 4.98 Å². The number of carbonyl (C=O) groups excluding carboxylic acids is 1. The lowest BCUT2D eigenvalue weighted by molar-refractivity contribution is 0.0746. The van der Waals surface area contributed by atoms with E-state index in [0.717, 1.165) is 18.9 Å². The molecule has 0 N–H and O–H groups in total. The molecule has 24 heavy (non-hydrogen) atoms. The van der Waals surface area contributed by atoms with Gasteiger partial charge in [-0.15, -0.1) is 0 Å². The summed E-state index contributed by atoms with van der Waals surface area (Å²) in [7, 11) is 3.83. The van der Waals surface area contributed by atoms with E-state index in [0.29, 0.717) is 29.6 Å². The predicted molar refractivity (Wildman–Crippen MR) is 95.9 cm³/mol. The van der Waals surface area contributed by atoms with Gasteiger partial charge in [-0.1, -0.05) is 17.7 Å². The van der Waals surface area contributed by atoms with Gasteiger partial charge in [0.25, 0.3) is 5.91 Å². The molecule has 2 aromatic rings. The van der Waals surface area contributed by atoms with Gasteiger partial charge in [-0.3, -0.25) is 4.79 Å². The van der Waals surface area contributed by atoms with Crippen molar-refractivity contribution >= 4 is 29.3 Å². The molecule has 1 fully saturated rings. The highest BCUT2D eigenvalue weighted by molar-refractivity contribution is 6.30. The topological polar surface area (TPSA) is 52.6 Å². The molecule has 1 saturated heterocycles. The molecule has 7 heteroatoms. The van der Waals surface area contributed by atoms with Crippen LogP contribution < -0.4 is 9.80 Å². The maximum atomic E-state index is 12.6. The van der Waals surface area contributed by atoms with Crippen molar-refractivity contribution in [2.24, 2.45) is 0 Å². The third-order valence-corrected chi connectivity index (χ3v) is 4.23. The second-order valence-corrected chi connectivity index (χ2v) is 6.34. The molecule has 1 aromatic carbocycles. The number of carbonyl (C=O) groups is 1. The van der Waals surface area contributed by atoms with E-state index in [1.807, 2.05) is 30.0 Å². The highest BCUT2D eigenvalue weighted by Crippen LogP contribution is 2.18. The van der Waals surface area contributed by atoms with Gasteiger partial charge in [0, 0.05) is 57.1 Å². The fourth-order valence-corrected chi connectivity index (χ4v) is 2.86. The monoisotopic (exact) mass is 345 g/mol. The van der Waals surface area contributed by atoms with Crippen molar-refractivity contribution in [3.63, 3.8) is 0 Å². The summed E-state index contributed by atoms with van der Waals surface area (Å²) in [4.78, 5) is 27.3. The Hall–Kier alpha value is -2.34. The lowest BCUT2D eigenvalue weighted by atomic mass is 10.2. The Morgan fingerprint density at radius 3 is 2.58 bits per heavy atom. The third kappa shape index (κ3) is 3.59. The quantitative estimate of drug-likeness (QED) is 0.853. The van der Waals surface area contributed by atoms with E-state index in [4.69, 9.17) is 11.6 Å². The van der Waals surface area contributed by atoms with Crippen molar-refractivity contribution in [2.45, 2.75) is 0 Å². The number of hydrogen-bond acceptors (Lipinski definition) is 5. The summed E-state index contributed by atoms with van der Waals surface area (Å²) < 4.78 is 0. The summed E-state index contributed by atoms with van der Waals surface area (Å²) >= 11 is 5.97. The molecule has 3 rings (SSSR count). The first-order valence-electron chi connectivity index (χ1n) is 7.85. The molecule has 0 spiro atoms. The molecule has 0 atom stereocenters. The van der Waals surface area contributed by atoms with Crippen molar-refractivity contribution < 1.29 is 4.79 Å². The summed E-state index contributed by atoms with van der Waals surface area (Å²) in [6, 6.07) is 8.99. The van der Waals surface area contributed by atoms with Gasteiger partial charge in [0.05, 0.1) is 0 Å². The number of aromatic nitrogens is 2. The van der Waals surface area contributed by atoms with Crippen LogP contribution in [0.1, 0.15) is 10.4 Å². The molecule has 0 saturated carbocycles. The van der Waals surface area contributed by atoms with Crippen LogP contribution in [0.15, 0.2) is 36.5 Å². The fourth-order valence-electron chi connectivity index (χ4n) is 2.67. The average molecular weight is 346 g/mol. The molecule has 1 aromatic heterocycles. The Labute approximate surface area is 146 Å². The second kappa shape index (κ2) is 7.05. The first kappa shape index (κ1) is 16.5. The molecule has 0 aliphatic carbocycles. The second-order valence-electron chi connectivity index (χ2n) is 5.90. The first-order valence-corrected chi connectivity index (χ1v) is 8.22. The number of benzene rings is 1. The lowest BCUT2D eigenvalue weighted by Gasteiger charge is -2.35. The highest BCUT2D eigenvalue weighted by Gasteiger charge is 2.23. The minimum atomic E-state index is 0.0221. The van der Waals surface area contributed by atoms with Gasteiger partial charge >= 0.3 is 0 Å². The van der Waals surface area contributed by atoms with Gasteiger partial charge in [0.2, 0.25) is 5.95 Å². The van der Waals surface area contributed by atoms with Gasteiger partial charge in [0.1, 0.15) is 5.82 Å². The van der Waals surface area contributed by atoms with Crippen LogP contribution in [0, 0.1) is 0 Å². The molecular weight excluding hydrogens is 326 g/mol. The standard InChI is InChI=1S/C17H20ClN5O/c1-21(2)17-19-7-6-15(20-17)22-8-10-23(11-9-22)16(24)13-4-3-5-14(18)12-13/h3-7,12H,8-11H2,1-2H3. The maximum Gasteiger partial charge on any atom is 0.254 e. The van der Waals surface area contributed by atoms with E-state index < -0.39 is 0 Å². The molecule has 0 unspecified atom stereocenters. The number of rotatable bonds is 3. The lowest BCUT2D eigenvalue weighted by Crippen LogP contribution is -2.49. The average Bonchev–Trinajstić information content (AvgIpc) is 2.61. The third-order valence-electron chi connectivity index (χ3n) is 3.99. The van der Waals surface area contributed by atoms with Crippen LogP contribution in [0.3, 0.4) is 0 Å². The normalized spacial score (nSPS) is 14.6. The SMILES string of the molecule is CN(C)c1nccc(N2CCN(C(=O)c3cccc(Cl)c3)CC2)n1. The molecule has 1 aliphatic rings. The van der Waals surface area contributed by atoms with Crippen LogP contribution in [0.5, 0.6) is 0 Å². The molecule has 2 heterocycles. The first-order chi connectivity index (χ1) is 11.5. The molecule has 0 radical (unpaired) electrons. The molecule has 6 nitrogen and oxygen atoms in total. The zero-order chi connectivity index (χ0) is 17.1. The Balaban J connectivity index is 1.65. The minimum Gasteiger partial charge on any atom is -0.353 e. The minimum absolute atomic E-state index is 0.0221. The Morgan fingerprint density at radius 2 is 1.92 bits per heavy atom. The van der Waals surface area contributed by atoms with Crippen LogP contribution in [0.25, 0.3) is 0 Å². The molecule has 126 valence electrons. The zero-order valence-corrected chi connectivity index (χ0v) is 14.6. The predicted octanol–water partition coefficient (Wildman–Crippen LogP) is 2.16. The number of piperazine rings is 1. The van der Waals surface area contributed by atoms with E-state index in [9.17, 15) is 4.79 Å². The van der Waals surface area contributed by atoms with Gasteiger partial charge in [-0.05, 0) is 24.3 Å². The maximum absolute atomic E-state index is 12.6. The Morgan fingerprint density at radius 1 is 1.17 bits per heavy atom. The number of anilines is 2. The fraction of sp³-hybridized carbons (Fsp3) is 0.353. The van der Waals surface area contributed by atoms with Gasteiger partial charge in [0.15, 0.2) is 0 Å². The summed E-state index contributed by atoms with van der Waals surface area (Å²) in [5.41, 5.74) is 0.632. The Kier molecular flexibility index (Phi) is 4.85. The highest BCUT2D eigenvalue weighted by atomic mass is 35.5. The molecule has 0 bridgehead atoms. The van der Waals surface area contributed by atoms with Crippen LogP contribution in [-0.4, -0.2) is 61.0 Å². The van der Waals surface area contributed by atoms with E-state index in [1.165, 1.54) is 0 Å². The van der Waals surface area contributed by atoms with Crippen molar-refractivity contribution in [3.05, 3.63) is 47.1 Å². The van der Waals surface area contributed by atoms with E-state index in [-0.39, 0.29) is 5.91 Å². The van der Waals surface area contributed by atoms with Crippen LogP contribution >= 0.6 is 11.6 Å². The Bertz CT molecular complexity index is 728. The largest absolute Gasteiger partial charge is 0.353 e. The zero-order valence-electron chi connectivity index (χ0n) is 13.8. The summed E-state index contributed by atoms with van der Waals surface area (Å²) in [5.74, 6) is 1.60. The summed E-state index contributed by atoms with van der Waals surface area (Å²) in [6.07, 6.45) is 1.77. The van der Waals surface area contributed by atoms with Crippen molar-refractivity contribution in [3.8, 4) is 0 Å². The van der Waals surface area contributed by atoms with Crippen LogP contribution in [-0.2, 0) is 0 Å². The molecule has 1 amide bonds. The summed E-state index contributed by atoms with van der Waals surface area (Å²) in [6.45, 7) is 2.81. The number of halogens is 1. The van der Waals surface area contributed by atoms with E-state index in [2.05, 4.69) is 14.9 Å². The molecular formula is C17H20ClN5O. The number of amides is 1.